The second kappa shape index (κ2) is 6.19. The molecule has 18 heavy (non-hydrogen) atoms. The molecule has 1 atom stereocenters. The van der Waals surface area contributed by atoms with Crippen LogP contribution >= 0.6 is 43.2 Å². The van der Waals surface area contributed by atoms with Gasteiger partial charge in [-0.2, -0.15) is 0 Å². The van der Waals surface area contributed by atoms with Crippen LogP contribution in [0.3, 0.4) is 0 Å². The SMILES string of the molecule is CCOc1ccc(Br)cc1C(O)c1csc(Br)c1. The van der Waals surface area contributed by atoms with Crippen LogP contribution in [-0.2, 0) is 0 Å². The Labute approximate surface area is 127 Å². The highest BCUT2D eigenvalue weighted by molar-refractivity contribution is 9.11. The third-order valence-electron chi connectivity index (χ3n) is 2.47. The molecule has 0 bridgehead atoms. The lowest BCUT2D eigenvalue weighted by atomic mass is 10.0. The third-order valence-corrected chi connectivity index (χ3v) is 4.49. The molecule has 1 aromatic carbocycles. The second-order valence-corrected chi connectivity index (χ2v) is 6.91. The van der Waals surface area contributed by atoms with Gasteiger partial charge in [0, 0.05) is 10.0 Å². The van der Waals surface area contributed by atoms with Gasteiger partial charge in [0.05, 0.1) is 10.4 Å². The molecular formula is C13H12Br2O2S. The van der Waals surface area contributed by atoms with E-state index < -0.39 is 6.10 Å². The Balaban J connectivity index is 2.39. The maximum Gasteiger partial charge on any atom is 0.125 e. The Kier molecular flexibility index (Phi) is 4.84. The van der Waals surface area contributed by atoms with Crippen molar-refractivity contribution in [2.45, 2.75) is 13.0 Å². The summed E-state index contributed by atoms with van der Waals surface area (Å²) in [5, 5.41) is 12.4. The zero-order chi connectivity index (χ0) is 13.1. The minimum Gasteiger partial charge on any atom is -0.493 e. The van der Waals surface area contributed by atoms with Gasteiger partial charge in [-0.15, -0.1) is 11.3 Å². The molecule has 0 saturated heterocycles. The summed E-state index contributed by atoms with van der Waals surface area (Å²) >= 11 is 8.38. The Morgan fingerprint density at radius 1 is 1.33 bits per heavy atom. The lowest BCUT2D eigenvalue weighted by molar-refractivity contribution is 0.212. The van der Waals surface area contributed by atoms with E-state index >= 15 is 0 Å². The quantitative estimate of drug-likeness (QED) is 0.814. The normalized spacial score (nSPS) is 12.4. The van der Waals surface area contributed by atoms with Gasteiger partial charge in [-0.25, -0.2) is 0 Å². The van der Waals surface area contributed by atoms with E-state index in [9.17, 15) is 5.11 Å². The summed E-state index contributed by atoms with van der Waals surface area (Å²) in [6.07, 6.45) is -0.674. The van der Waals surface area contributed by atoms with Crippen LogP contribution in [0.25, 0.3) is 0 Å². The first kappa shape index (κ1) is 14.1. The second-order valence-electron chi connectivity index (χ2n) is 3.70. The van der Waals surface area contributed by atoms with Crippen molar-refractivity contribution in [3.05, 3.63) is 49.0 Å². The molecule has 0 fully saturated rings. The van der Waals surface area contributed by atoms with Gasteiger partial charge in [-0.3, -0.25) is 0 Å². The number of thiophene rings is 1. The Morgan fingerprint density at radius 2 is 2.11 bits per heavy atom. The topological polar surface area (TPSA) is 29.5 Å². The van der Waals surface area contributed by atoms with Crippen LogP contribution in [-0.4, -0.2) is 11.7 Å². The van der Waals surface area contributed by atoms with E-state index in [1.54, 1.807) is 11.3 Å². The molecule has 1 aromatic heterocycles. The van der Waals surface area contributed by atoms with Crippen LogP contribution in [0.4, 0.5) is 0 Å². The fourth-order valence-corrected chi connectivity index (χ4v) is 3.24. The average Bonchev–Trinajstić information content (AvgIpc) is 2.77. The first-order valence-electron chi connectivity index (χ1n) is 5.46. The molecule has 5 heteroatoms. The molecule has 1 N–H and O–H groups in total. The molecule has 0 aliphatic heterocycles. The van der Waals surface area contributed by atoms with E-state index in [4.69, 9.17) is 4.74 Å². The van der Waals surface area contributed by atoms with E-state index in [1.807, 2.05) is 36.6 Å². The first-order valence-corrected chi connectivity index (χ1v) is 7.92. The number of hydrogen-bond acceptors (Lipinski definition) is 3. The molecule has 0 aliphatic carbocycles. The van der Waals surface area contributed by atoms with E-state index in [0.717, 1.165) is 25.1 Å². The molecule has 1 heterocycles. The van der Waals surface area contributed by atoms with Crippen LogP contribution in [0.15, 0.2) is 37.9 Å². The summed E-state index contributed by atoms with van der Waals surface area (Å²) in [5.74, 6) is 0.718. The summed E-state index contributed by atoms with van der Waals surface area (Å²) in [7, 11) is 0. The van der Waals surface area contributed by atoms with Crippen molar-refractivity contribution >= 4 is 43.2 Å². The van der Waals surface area contributed by atoms with Crippen LogP contribution in [0.2, 0.25) is 0 Å². The third kappa shape index (κ3) is 3.15. The highest BCUT2D eigenvalue weighted by atomic mass is 79.9. The highest BCUT2D eigenvalue weighted by Gasteiger charge is 2.17. The summed E-state index contributed by atoms with van der Waals surface area (Å²) in [5.41, 5.74) is 1.64. The zero-order valence-corrected chi connectivity index (χ0v) is 13.7. The van der Waals surface area contributed by atoms with Crippen molar-refractivity contribution in [1.29, 1.82) is 0 Å². The number of hydrogen-bond donors (Lipinski definition) is 1. The molecular weight excluding hydrogens is 380 g/mol. The zero-order valence-electron chi connectivity index (χ0n) is 9.69. The largest absolute Gasteiger partial charge is 0.493 e. The predicted octanol–water partition coefficient (Wildman–Crippen LogP) is 4.75. The summed E-state index contributed by atoms with van der Waals surface area (Å²) in [4.78, 5) is 0. The van der Waals surface area contributed by atoms with Crippen LogP contribution < -0.4 is 4.74 Å². The maximum atomic E-state index is 10.4. The Morgan fingerprint density at radius 3 is 2.72 bits per heavy atom. The summed E-state index contributed by atoms with van der Waals surface area (Å²) in [6.45, 7) is 2.51. The number of aliphatic hydroxyl groups excluding tert-OH is 1. The van der Waals surface area contributed by atoms with Gasteiger partial charge < -0.3 is 9.84 Å². The molecule has 2 nitrogen and oxygen atoms in total. The monoisotopic (exact) mass is 390 g/mol. The van der Waals surface area contributed by atoms with Crippen LogP contribution in [0.1, 0.15) is 24.2 Å². The number of rotatable bonds is 4. The van der Waals surface area contributed by atoms with E-state index in [2.05, 4.69) is 31.9 Å². The van der Waals surface area contributed by atoms with Gasteiger partial charge in [-0.1, -0.05) is 15.9 Å². The average molecular weight is 392 g/mol. The minimum absolute atomic E-state index is 0.578. The van der Waals surface area contributed by atoms with Crippen LogP contribution in [0.5, 0.6) is 5.75 Å². The predicted molar refractivity (Wildman–Crippen MR) is 81.4 cm³/mol. The van der Waals surface area contributed by atoms with Crippen molar-refractivity contribution in [2.24, 2.45) is 0 Å². The fraction of sp³-hybridized carbons (Fsp3) is 0.231. The van der Waals surface area contributed by atoms with Crippen molar-refractivity contribution in [1.82, 2.24) is 0 Å². The molecule has 0 aliphatic rings. The van der Waals surface area contributed by atoms with Gasteiger partial charge in [0.1, 0.15) is 11.9 Å². The number of ether oxygens (including phenoxy) is 1. The van der Waals surface area contributed by atoms with Gasteiger partial charge >= 0.3 is 0 Å². The molecule has 0 spiro atoms. The lowest BCUT2D eigenvalue weighted by Crippen LogP contribution is -2.03. The van der Waals surface area contributed by atoms with Gasteiger partial charge in [0.15, 0.2) is 0 Å². The molecule has 0 radical (unpaired) electrons. The highest BCUT2D eigenvalue weighted by Crippen LogP contribution is 2.35. The van der Waals surface area contributed by atoms with E-state index in [-0.39, 0.29) is 0 Å². The van der Waals surface area contributed by atoms with Crippen molar-refractivity contribution in [3.8, 4) is 5.75 Å². The number of aliphatic hydroxyl groups is 1. The molecule has 1 unspecified atom stereocenters. The fourth-order valence-electron chi connectivity index (χ4n) is 1.67. The van der Waals surface area contributed by atoms with Crippen LogP contribution in [0, 0.1) is 0 Å². The van der Waals surface area contributed by atoms with Crippen molar-refractivity contribution in [3.63, 3.8) is 0 Å². The Bertz CT molecular complexity index is 540. The van der Waals surface area contributed by atoms with E-state index in [0.29, 0.717) is 6.61 Å². The lowest BCUT2D eigenvalue weighted by Gasteiger charge is -2.15. The van der Waals surface area contributed by atoms with Crippen molar-refractivity contribution < 1.29 is 9.84 Å². The summed E-state index contributed by atoms with van der Waals surface area (Å²) in [6, 6.07) is 7.59. The standard InChI is InChI=1S/C13H12Br2O2S/c1-2-17-11-4-3-9(14)6-10(11)13(16)8-5-12(15)18-7-8/h3-7,13,16H,2H2,1H3. The van der Waals surface area contributed by atoms with Gasteiger partial charge in [0.2, 0.25) is 0 Å². The smallest absolute Gasteiger partial charge is 0.125 e. The summed E-state index contributed by atoms with van der Waals surface area (Å²) < 4.78 is 7.48. The molecule has 2 rings (SSSR count). The molecule has 0 saturated carbocycles. The number of halogens is 2. The molecule has 2 aromatic rings. The van der Waals surface area contributed by atoms with E-state index in [1.165, 1.54) is 0 Å². The van der Waals surface area contributed by atoms with Crippen molar-refractivity contribution in [2.75, 3.05) is 6.61 Å². The minimum atomic E-state index is -0.674. The molecule has 96 valence electrons. The number of benzene rings is 1. The first-order chi connectivity index (χ1) is 8.61. The Hall–Kier alpha value is -0.360. The van der Waals surface area contributed by atoms with Gasteiger partial charge in [-0.05, 0) is 58.1 Å². The van der Waals surface area contributed by atoms with Gasteiger partial charge in [0.25, 0.3) is 0 Å². The molecule has 0 amide bonds. The maximum absolute atomic E-state index is 10.4.